The zero-order valence-electron chi connectivity index (χ0n) is 11.9. The second kappa shape index (κ2) is 7.17. The molecule has 118 valence electrons. The number of aromatic nitrogens is 1. The number of aryl methyl sites for hydroxylation is 1. The van der Waals surface area contributed by atoms with E-state index in [2.05, 4.69) is 15.0 Å². The van der Waals surface area contributed by atoms with Gasteiger partial charge in [0.25, 0.3) is 5.91 Å². The van der Waals surface area contributed by atoms with Gasteiger partial charge in [-0.25, -0.2) is 4.98 Å². The normalized spacial score (nSPS) is 10.6. The quantitative estimate of drug-likeness (QED) is 0.881. The predicted molar refractivity (Wildman–Crippen MR) is 79.1 cm³/mol. The highest BCUT2D eigenvalue weighted by molar-refractivity contribution is 7.13. The van der Waals surface area contributed by atoms with Crippen LogP contribution in [0, 0.1) is 0 Å². The first-order valence-electron chi connectivity index (χ1n) is 6.42. The van der Waals surface area contributed by atoms with Crippen LogP contribution in [0.2, 0.25) is 0 Å². The number of anilines is 1. The first kappa shape index (κ1) is 16.2. The monoisotopic (exact) mass is 328 g/mol. The SMILES string of the molecule is CCc1ncc(C(=O)Nc2ccc(OC)c(OC(F)F)c2)s1. The van der Waals surface area contributed by atoms with E-state index < -0.39 is 6.61 Å². The van der Waals surface area contributed by atoms with Crippen molar-refractivity contribution in [1.82, 2.24) is 4.98 Å². The maximum Gasteiger partial charge on any atom is 0.387 e. The van der Waals surface area contributed by atoms with Gasteiger partial charge in [-0.05, 0) is 18.6 Å². The van der Waals surface area contributed by atoms with E-state index in [-0.39, 0.29) is 17.4 Å². The number of nitrogens with one attached hydrogen (secondary N) is 1. The molecule has 0 spiro atoms. The van der Waals surface area contributed by atoms with E-state index in [0.717, 1.165) is 11.4 Å². The third-order valence-corrected chi connectivity index (χ3v) is 3.86. The minimum Gasteiger partial charge on any atom is -0.493 e. The minimum atomic E-state index is -2.98. The molecule has 2 aromatic rings. The van der Waals surface area contributed by atoms with Gasteiger partial charge in [0, 0.05) is 11.8 Å². The van der Waals surface area contributed by atoms with Crippen LogP contribution in [0.15, 0.2) is 24.4 Å². The van der Waals surface area contributed by atoms with Crippen molar-refractivity contribution in [2.75, 3.05) is 12.4 Å². The number of halogens is 2. The van der Waals surface area contributed by atoms with Crippen molar-refractivity contribution in [3.8, 4) is 11.5 Å². The Bertz CT molecular complexity index is 661. The molecule has 8 heteroatoms. The van der Waals surface area contributed by atoms with Gasteiger partial charge in [-0.15, -0.1) is 11.3 Å². The molecular formula is C14H14F2N2O3S. The zero-order valence-corrected chi connectivity index (χ0v) is 12.7. The van der Waals surface area contributed by atoms with Crippen LogP contribution in [-0.2, 0) is 6.42 Å². The van der Waals surface area contributed by atoms with Crippen LogP contribution in [0.25, 0.3) is 0 Å². The number of amides is 1. The molecule has 1 N–H and O–H groups in total. The molecule has 1 aromatic heterocycles. The molecule has 0 fully saturated rings. The van der Waals surface area contributed by atoms with Gasteiger partial charge in [0.1, 0.15) is 4.88 Å². The van der Waals surface area contributed by atoms with Crippen molar-refractivity contribution in [3.63, 3.8) is 0 Å². The molecule has 0 atom stereocenters. The molecule has 0 aliphatic carbocycles. The summed E-state index contributed by atoms with van der Waals surface area (Å²) in [5.74, 6) is -0.344. The Hall–Kier alpha value is -2.22. The fraction of sp³-hybridized carbons (Fsp3) is 0.286. The first-order chi connectivity index (χ1) is 10.5. The van der Waals surface area contributed by atoms with Crippen LogP contribution in [0.3, 0.4) is 0 Å². The van der Waals surface area contributed by atoms with Gasteiger partial charge in [0.2, 0.25) is 0 Å². The number of methoxy groups -OCH3 is 1. The molecule has 2 rings (SSSR count). The summed E-state index contributed by atoms with van der Waals surface area (Å²) in [7, 11) is 1.34. The van der Waals surface area contributed by atoms with Crippen molar-refractivity contribution in [2.45, 2.75) is 20.0 Å². The lowest BCUT2D eigenvalue weighted by Gasteiger charge is -2.11. The number of hydrogen-bond acceptors (Lipinski definition) is 5. The molecule has 0 saturated heterocycles. The highest BCUT2D eigenvalue weighted by atomic mass is 32.1. The summed E-state index contributed by atoms with van der Waals surface area (Å²) in [6.45, 7) is -1.04. The molecule has 0 saturated carbocycles. The average Bonchev–Trinajstić information content (AvgIpc) is 2.96. The molecule has 0 aliphatic heterocycles. The van der Waals surface area contributed by atoms with Crippen LogP contribution in [0.4, 0.5) is 14.5 Å². The van der Waals surface area contributed by atoms with Crippen molar-refractivity contribution in [2.24, 2.45) is 0 Å². The van der Waals surface area contributed by atoms with Crippen LogP contribution in [0.5, 0.6) is 11.5 Å². The Kier molecular flexibility index (Phi) is 5.26. The topological polar surface area (TPSA) is 60.5 Å². The number of carbonyl (C=O) groups excluding carboxylic acids is 1. The second-order valence-electron chi connectivity index (χ2n) is 4.17. The van der Waals surface area contributed by atoms with Gasteiger partial charge >= 0.3 is 6.61 Å². The Morgan fingerprint density at radius 3 is 2.77 bits per heavy atom. The predicted octanol–water partition coefficient (Wildman–Crippen LogP) is 3.57. The molecule has 1 heterocycles. The molecule has 0 unspecified atom stereocenters. The van der Waals surface area contributed by atoms with Crippen molar-refractivity contribution in [1.29, 1.82) is 0 Å². The smallest absolute Gasteiger partial charge is 0.387 e. The number of thiazole rings is 1. The Morgan fingerprint density at radius 2 is 2.18 bits per heavy atom. The molecular weight excluding hydrogens is 314 g/mol. The number of benzene rings is 1. The molecule has 1 amide bonds. The summed E-state index contributed by atoms with van der Waals surface area (Å²) in [6, 6.07) is 4.26. The van der Waals surface area contributed by atoms with E-state index in [1.807, 2.05) is 6.92 Å². The Morgan fingerprint density at radius 1 is 1.41 bits per heavy atom. The molecule has 22 heavy (non-hydrogen) atoms. The van der Waals surface area contributed by atoms with Crippen LogP contribution < -0.4 is 14.8 Å². The molecule has 0 radical (unpaired) electrons. The number of nitrogens with zero attached hydrogens (tertiary/aromatic N) is 1. The summed E-state index contributed by atoms with van der Waals surface area (Å²) in [5.41, 5.74) is 0.327. The van der Waals surface area contributed by atoms with Gasteiger partial charge in [-0.3, -0.25) is 4.79 Å². The summed E-state index contributed by atoms with van der Waals surface area (Å²) >= 11 is 1.28. The standard InChI is InChI=1S/C14H14F2N2O3S/c1-3-12-17-7-11(22-12)13(19)18-8-4-5-9(20-2)10(6-8)21-14(15)16/h4-7,14H,3H2,1-2H3,(H,18,19). The third kappa shape index (κ3) is 3.91. The maximum absolute atomic E-state index is 12.4. The number of alkyl halides is 2. The van der Waals surface area contributed by atoms with Gasteiger partial charge in [-0.1, -0.05) is 6.92 Å². The Labute approximate surface area is 129 Å². The van der Waals surface area contributed by atoms with Crippen molar-refractivity contribution < 1.29 is 23.0 Å². The lowest BCUT2D eigenvalue weighted by Crippen LogP contribution is -2.11. The van der Waals surface area contributed by atoms with Crippen LogP contribution >= 0.6 is 11.3 Å². The van der Waals surface area contributed by atoms with E-state index >= 15 is 0 Å². The van der Waals surface area contributed by atoms with E-state index in [0.29, 0.717) is 10.6 Å². The van der Waals surface area contributed by atoms with Gasteiger partial charge in [0.05, 0.1) is 18.3 Å². The van der Waals surface area contributed by atoms with Crippen molar-refractivity contribution in [3.05, 3.63) is 34.3 Å². The second-order valence-corrected chi connectivity index (χ2v) is 5.29. The Balaban J connectivity index is 2.16. The van der Waals surface area contributed by atoms with Crippen LogP contribution in [0.1, 0.15) is 21.6 Å². The van der Waals surface area contributed by atoms with Gasteiger partial charge in [0.15, 0.2) is 11.5 Å². The minimum absolute atomic E-state index is 0.145. The maximum atomic E-state index is 12.4. The van der Waals surface area contributed by atoms with Crippen molar-refractivity contribution >= 4 is 22.9 Å². The van der Waals surface area contributed by atoms with Gasteiger partial charge < -0.3 is 14.8 Å². The highest BCUT2D eigenvalue weighted by Crippen LogP contribution is 2.31. The molecule has 0 bridgehead atoms. The molecule has 0 aliphatic rings. The largest absolute Gasteiger partial charge is 0.493 e. The highest BCUT2D eigenvalue weighted by Gasteiger charge is 2.14. The summed E-state index contributed by atoms with van der Waals surface area (Å²) in [6.07, 6.45) is 2.23. The number of carbonyl (C=O) groups is 1. The van der Waals surface area contributed by atoms with Crippen LogP contribution in [-0.4, -0.2) is 24.6 Å². The summed E-state index contributed by atoms with van der Waals surface area (Å²) < 4.78 is 34.0. The lowest BCUT2D eigenvalue weighted by molar-refractivity contribution is -0.0511. The van der Waals surface area contributed by atoms with Gasteiger partial charge in [-0.2, -0.15) is 8.78 Å². The summed E-state index contributed by atoms with van der Waals surface area (Å²) in [4.78, 5) is 16.6. The van der Waals surface area contributed by atoms with E-state index in [1.165, 1.54) is 42.8 Å². The number of hydrogen-bond donors (Lipinski definition) is 1. The zero-order chi connectivity index (χ0) is 16.1. The summed E-state index contributed by atoms with van der Waals surface area (Å²) in [5, 5.41) is 3.46. The number of rotatable bonds is 6. The first-order valence-corrected chi connectivity index (χ1v) is 7.24. The fourth-order valence-corrected chi connectivity index (χ4v) is 2.47. The fourth-order valence-electron chi connectivity index (χ4n) is 1.71. The third-order valence-electron chi connectivity index (χ3n) is 2.72. The molecule has 5 nitrogen and oxygen atoms in total. The van der Waals surface area contributed by atoms with E-state index in [1.54, 1.807) is 0 Å². The van der Waals surface area contributed by atoms with E-state index in [9.17, 15) is 13.6 Å². The lowest BCUT2D eigenvalue weighted by atomic mass is 10.2. The average molecular weight is 328 g/mol. The van der Waals surface area contributed by atoms with E-state index in [4.69, 9.17) is 4.74 Å². The number of ether oxygens (including phenoxy) is 2. The molecule has 1 aromatic carbocycles.